The molecule has 3 amide bonds. The number of carbonyl (C=O) groups excluding carboxylic acids is 3. The Labute approximate surface area is 169 Å². The molecule has 1 unspecified atom stereocenters. The maximum absolute atomic E-state index is 12.3. The quantitative estimate of drug-likeness (QED) is 0.639. The van der Waals surface area contributed by atoms with Crippen LogP contribution in [0.1, 0.15) is 61.6 Å². The Morgan fingerprint density at radius 1 is 1.17 bits per heavy atom. The van der Waals surface area contributed by atoms with Gasteiger partial charge in [0.05, 0.1) is 17.1 Å². The molecule has 3 fully saturated rings. The average molecular weight is 394 g/mol. The fraction of sp³-hybridized carbons (Fsp3) is 0.545. The zero-order valence-corrected chi connectivity index (χ0v) is 16.7. The average Bonchev–Trinajstić information content (AvgIpc) is 3.02. The summed E-state index contributed by atoms with van der Waals surface area (Å²) < 4.78 is 1.86. The lowest BCUT2D eigenvalue weighted by molar-refractivity contribution is -0.134. The Hall–Kier alpha value is -2.70. The van der Waals surface area contributed by atoms with Gasteiger partial charge in [-0.05, 0) is 49.7 Å². The Kier molecular flexibility index (Phi) is 4.22. The number of aromatic nitrogens is 2. The van der Waals surface area contributed by atoms with E-state index in [0.717, 1.165) is 48.9 Å². The van der Waals surface area contributed by atoms with E-state index in [4.69, 9.17) is 0 Å². The first-order chi connectivity index (χ1) is 14.0. The highest BCUT2D eigenvalue weighted by Gasteiger charge is 2.44. The molecule has 3 heterocycles. The second-order valence-corrected chi connectivity index (χ2v) is 9.07. The summed E-state index contributed by atoms with van der Waals surface area (Å²) in [7, 11) is 1.92. The molecule has 1 aromatic heterocycles. The predicted octanol–water partition coefficient (Wildman–Crippen LogP) is 2.21. The van der Waals surface area contributed by atoms with Crippen molar-refractivity contribution in [2.75, 3.05) is 13.1 Å². The monoisotopic (exact) mass is 394 g/mol. The van der Waals surface area contributed by atoms with Crippen LogP contribution >= 0.6 is 0 Å². The Morgan fingerprint density at radius 3 is 2.62 bits per heavy atom. The lowest BCUT2D eigenvalue weighted by Crippen LogP contribution is -2.56. The first-order valence-corrected chi connectivity index (χ1v) is 10.5. The topological polar surface area (TPSA) is 84.3 Å². The second-order valence-electron chi connectivity index (χ2n) is 9.07. The highest BCUT2D eigenvalue weighted by molar-refractivity contribution is 6.02. The Balaban J connectivity index is 1.36. The number of fused-ring (bicyclic) bond motifs is 1. The van der Waals surface area contributed by atoms with Gasteiger partial charge in [0, 0.05) is 37.4 Å². The third kappa shape index (κ3) is 3.03. The molecular formula is C22H26N4O3. The van der Waals surface area contributed by atoms with Crippen LogP contribution in [-0.2, 0) is 21.4 Å². The van der Waals surface area contributed by atoms with E-state index in [1.54, 1.807) is 0 Å². The molecule has 0 bridgehead atoms. The van der Waals surface area contributed by atoms with E-state index in [1.165, 1.54) is 18.4 Å². The number of benzene rings is 1. The van der Waals surface area contributed by atoms with Crippen LogP contribution < -0.4 is 5.32 Å². The summed E-state index contributed by atoms with van der Waals surface area (Å²) >= 11 is 0. The summed E-state index contributed by atoms with van der Waals surface area (Å²) in [4.78, 5) is 36.5. The van der Waals surface area contributed by atoms with Crippen LogP contribution in [0, 0.1) is 5.41 Å². The summed E-state index contributed by atoms with van der Waals surface area (Å²) in [6, 6.07) is 6.50. The molecule has 1 saturated carbocycles. The normalized spacial score (nSPS) is 24.6. The third-order valence-corrected chi connectivity index (χ3v) is 7.22. The van der Waals surface area contributed by atoms with E-state index in [1.807, 2.05) is 16.6 Å². The molecule has 7 nitrogen and oxygen atoms in total. The largest absolute Gasteiger partial charge is 0.344 e. The molecule has 1 N–H and O–H groups in total. The van der Waals surface area contributed by atoms with E-state index in [9.17, 15) is 14.4 Å². The molecule has 7 heteroatoms. The van der Waals surface area contributed by atoms with Gasteiger partial charge >= 0.3 is 0 Å². The minimum absolute atomic E-state index is 0.202. The van der Waals surface area contributed by atoms with E-state index in [-0.39, 0.29) is 17.7 Å². The van der Waals surface area contributed by atoms with Crippen molar-refractivity contribution >= 4 is 29.1 Å². The summed E-state index contributed by atoms with van der Waals surface area (Å²) in [6.45, 7) is 1.83. The molecule has 2 saturated heterocycles. The van der Waals surface area contributed by atoms with Gasteiger partial charge in [0.2, 0.25) is 18.2 Å². The fourth-order valence-electron chi connectivity index (χ4n) is 5.54. The number of likely N-dealkylation sites (tertiary alicyclic amines) is 1. The number of amides is 3. The highest BCUT2D eigenvalue weighted by Crippen LogP contribution is 2.48. The number of carbonyl (C=O) groups is 3. The number of nitrogens with zero attached hydrogens (tertiary/aromatic N) is 3. The van der Waals surface area contributed by atoms with Gasteiger partial charge in [-0.15, -0.1) is 0 Å². The molecule has 3 aliphatic rings. The number of nitrogens with one attached hydrogen (secondary N) is 1. The molecule has 1 spiro atoms. The maximum atomic E-state index is 12.3. The van der Waals surface area contributed by atoms with Crippen molar-refractivity contribution in [3.8, 4) is 0 Å². The fourth-order valence-corrected chi connectivity index (χ4v) is 5.54. The van der Waals surface area contributed by atoms with E-state index in [0.29, 0.717) is 24.2 Å². The van der Waals surface area contributed by atoms with Gasteiger partial charge in [0.1, 0.15) is 0 Å². The van der Waals surface area contributed by atoms with Crippen LogP contribution in [0.5, 0.6) is 0 Å². The molecular weight excluding hydrogens is 368 g/mol. The van der Waals surface area contributed by atoms with Gasteiger partial charge in [-0.1, -0.05) is 12.1 Å². The van der Waals surface area contributed by atoms with Crippen molar-refractivity contribution < 1.29 is 14.4 Å². The molecule has 29 heavy (non-hydrogen) atoms. The molecule has 2 aromatic rings. The van der Waals surface area contributed by atoms with Crippen molar-refractivity contribution in [1.29, 1.82) is 0 Å². The summed E-state index contributed by atoms with van der Waals surface area (Å²) in [5.41, 5.74) is 3.49. The molecule has 2 aliphatic heterocycles. The molecule has 1 atom stereocenters. The highest BCUT2D eigenvalue weighted by atomic mass is 16.2. The van der Waals surface area contributed by atoms with Gasteiger partial charge in [0.15, 0.2) is 0 Å². The SMILES string of the molecule is Cn1nc(C2CCC(=O)NC2=O)c2ccc(C3CCC4(CC3)CN(C=O)C4)cc21. The van der Waals surface area contributed by atoms with Gasteiger partial charge in [-0.2, -0.15) is 5.10 Å². The molecule has 152 valence electrons. The van der Waals surface area contributed by atoms with Crippen LogP contribution in [0.25, 0.3) is 10.9 Å². The van der Waals surface area contributed by atoms with Gasteiger partial charge in [-0.25, -0.2) is 0 Å². The van der Waals surface area contributed by atoms with Crippen molar-refractivity contribution in [2.24, 2.45) is 12.5 Å². The van der Waals surface area contributed by atoms with E-state index < -0.39 is 0 Å². The number of hydrogen-bond donors (Lipinski definition) is 1. The van der Waals surface area contributed by atoms with Gasteiger partial charge < -0.3 is 4.90 Å². The number of aryl methyl sites for hydroxylation is 1. The number of rotatable bonds is 3. The Morgan fingerprint density at radius 2 is 1.93 bits per heavy atom. The molecule has 1 aliphatic carbocycles. The third-order valence-electron chi connectivity index (χ3n) is 7.22. The number of hydrogen-bond acceptors (Lipinski definition) is 4. The summed E-state index contributed by atoms with van der Waals surface area (Å²) in [5, 5.41) is 8.08. The molecule has 1 aromatic carbocycles. The Bertz CT molecular complexity index is 995. The lowest BCUT2D eigenvalue weighted by Gasteiger charge is -2.52. The van der Waals surface area contributed by atoms with Gasteiger partial charge in [0.25, 0.3) is 0 Å². The van der Waals surface area contributed by atoms with Crippen LogP contribution in [0.2, 0.25) is 0 Å². The van der Waals surface area contributed by atoms with Crippen LogP contribution in [-0.4, -0.2) is 46.0 Å². The zero-order valence-electron chi connectivity index (χ0n) is 16.7. The smallest absolute Gasteiger partial charge is 0.235 e. The van der Waals surface area contributed by atoms with Crippen molar-refractivity contribution in [1.82, 2.24) is 20.0 Å². The van der Waals surface area contributed by atoms with E-state index >= 15 is 0 Å². The van der Waals surface area contributed by atoms with Crippen LogP contribution in [0.4, 0.5) is 0 Å². The van der Waals surface area contributed by atoms with Crippen LogP contribution in [0.3, 0.4) is 0 Å². The first-order valence-electron chi connectivity index (χ1n) is 10.5. The minimum Gasteiger partial charge on any atom is -0.344 e. The number of imide groups is 1. The summed E-state index contributed by atoms with van der Waals surface area (Å²) in [5.74, 6) is -0.278. The molecule has 5 rings (SSSR count). The van der Waals surface area contributed by atoms with Crippen molar-refractivity contribution in [3.63, 3.8) is 0 Å². The molecule has 0 radical (unpaired) electrons. The van der Waals surface area contributed by atoms with Crippen molar-refractivity contribution in [2.45, 2.75) is 50.4 Å². The predicted molar refractivity (Wildman–Crippen MR) is 107 cm³/mol. The first kappa shape index (κ1) is 18.3. The zero-order chi connectivity index (χ0) is 20.2. The van der Waals surface area contributed by atoms with Crippen molar-refractivity contribution in [3.05, 3.63) is 29.5 Å². The minimum atomic E-state index is -0.365. The summed E-state index contributed by atoms with van der Waals surface area (Å²) in [6.07, 6.45) is 6.48. The second kappa shape index (κ2) is 6.68. The van der Waals surface area contributed by atoms with Crippen LogP contribution in [0.15, 0.2) is 18.2 Å². The van der Waals surface area contributed by atoms with E-state index in [2.05, 4.69) is 28.6 Å². The lowest BCUT2D eigenvalue weighted by atomic mass is 9.65. The van der Waals surface area contributed by atoms with Gasteiger partial charge in [-0.3, -0.25) is 24.4 Å². The maximum Gasteiger partial charge on any atom is 0.235 e. The number of piperidine rings is 1. The standard InChI is InChI=1S/C22H26N4O3/c1-25-18-10-15(14-6-8-22(9-7-14)11-26(12-22)13-27)2-3-16(18)20(24-25)17-4-5-19(28)23-21(17)29/h2-3,10,13-14,17H,4-9,11-12H2,1H3,(H,23,28,29).